The van der Waals surface area contributed by atoms with E-state index in [1.54, 1.807) is 6.92 Å². The van der Waals surface area contributed by atoms with Crippen LogP contribution < -0.4 is 10.0 Å². The van der Waals surface area contributed by atoms with Gasteiger partial charge in [0.1, 0.15) is 0 Å². The third kappa shape index (κ3) is 4.96. The molecule has 0 fully saturated rings. The van der Waals surface area contributed by atoms with Gasteiger partial charge in [0.05, 0.1) is 27.8 Å². The van der Waals surface area contributed by atoms with Gasteiger partial charge in [0.25, 0.3) is 10.0 Å². The Morgan fingerprint density at radius 3 is 2.31 bits per heavy atom. The van der Waals surface area contributed by atoms with Crippen molar-refractivity contribution in [1.82, 2.24) is 0 Å². The van der Waals surface area contributed by atoms with Crippen LogP contribution in [0.25, 0.3) is 0 Å². The highest BCUT2D eigenvalue weighted by atomic mass is 35.5. The van der Waals surface area contributed by atoms with Gasteiger partial charge in [-0.25, -0.2) is 13.2 Å². The molecule has 9 heteroatoms. The quantitative estimate of drug-likeness (QED) is 0.729. The number of sulfonamides is 1. The average molecular weight is 397 g/mol. The number of carbonyl (C=O) groups excluding carboxylic acids is 2. The van der Waals surface area contributed by atoms with E-state index in [-0.39, 0.29) is 33.7 Å². The maximum Gasteiger partial charge on any atom is 0.338 e. The van der Waals surface area contributed by atoms with E-state index in [0.29, 0.717) is 5.69 Å². The summed E-state index contributed by atoms with van der Waals surface area (Å²) in [6.45, 7) is 3.26. The van der Waals surface area contributed by atoms with E-state index >= 15 is 0 Å². The predicted molar refractivity (Wildman–Crippen MR) is 99.0 cm³/mol. The molecule has 0 aliphatic carbocycles. The Hall–Kier alpha value is -2.58. The number of hydrogen-bond donors (Lipinski definition) is 2. The molecule has 0 saturated heterocycles. The van der Waals surface area contributed by atoms with Crippen molar-refractivity contribution in [3.8, 4) is 0 Å². The van der Waals surface area contributed by atoms with E-state index in [9.17, 15) is 18.0 Å². The number of amides is 1. The third-order valence-electron chi connectivity index (χ3n) is 3.21. The summed E-state index contributed by atoms with van der Waals surface area (Å²) in [6, 6.07) is 9.79. The Balaban J connectivity index is 2.21. The van der Waals surface area contributed by atoms with Crippen LogP contribution in [0, 0.1) is 0 Å². The highest BCUT2D eigenvalue weighted by Crippen LogP contribution is 2.26. The minimum absolute atomic E-state index is 0.00265. The molecule has 0 aliphatic heterocycles. The van der Waals surface area contributed by atoms with Gasteiger partial charge in [-0.15, -0.1) is 0 Å². The van der Waals surface area contributed by atoms with Crippen LogP contribution in [0.4, 0.5) is 11.4 Å². The van der Waals surface area contributed by atoms with Crippen LogP contribution in [0.1, 0.15) is 24.2 Å². The van der Waals surface area contributed by atoms with Crippen molar-refractivity contribution in [1.29, 1.82) is 0 Å². The molecule has 2 rings (SSSR count). The standard InChI is InChI=1S/C17H17ClN2O5S/c1-3-25-17(22)12-4-9-16(15(18)10-12)20-26(23,24)14-7-5-13(6-8-14)19-11(2)21/h4-10,20H,3H2,1-2H3,(H,19,21). The molecule has 26 heavy (non-hydrogen) atoms. The van der Waals surface area contributed by atoms with E-state index in [0.717, 1.165) is 0 Å². The summed E-state index contributed by atoms with van der Waals surface area (Å²) in [7, 11) is -3.89. The maximum atomic E-state index is 12.5. The van der Waals surface area contributed by atoms with Crippen LogP contribution in [0.15, 0.2) is 47.4 Å². The predicted octanol–water partition coefficient (Wildman–Crippen LogP) is 3.28. The van der Waals surface area contributed by atoms with Crippen molar-refractivity contribution < 1.29 is 22.7 Å². The average Bonchev–Trinajstić information content (AvgIpc) is 2.56. The van der Waals surface area contributed by atoms with E-state index in [2.05, 4.69) is 10.0 Å². The number of rotatable bonds is 6. The molecule has 0 aliphatic rings. The van der Waals surface area contributed by atoms with Gasteiger partial charge in [-0.05, 0) is 49.4 Å². The molecular weight excluding hydrogens is 380 g/mol. The van der Waals surface area contributed by atoms with Gasteiger partial charge < -0.3 is 10.1 Å². The molecule has 0 aromatic heterocycles. The number of halogens is 1. The van der Waals surface area contributed by atoms with Gasteiger partial charge >= 0.3 is 5.97 Å². The molecule has 2 N–H and O–H groups in total. The number of ether oxygens (including phenoxy) is 1. The van der Waals surface area contributed by atoms with Gasteiger partial charge in [-0.2, -0.15) is 0 Å². The summed E-state index contributed by atoms with van der Waals surface area (Å²) in [6.07, 6.45) is 0. The second-order valence-corrected chi connectivity index (χ2v) is 7.32. The number of benzene rings is 2. The molecular formula is C17H17ClN2O5S. The van der Waals surface area contributed by atoms with E-state index in [4.69, 9.17) is 16.3 Å². The zero-order valence-electron chi connectivity index (χ0n) is 14.1. The van der Waals surface area contributed by atoms with Gasteiger partial charge in [0.2, 0.25) is 5.91 Å². The first kappa shape index (κ1) is 19.7. The lowest BCUT2D eigenvalue weighted by atomic mass is 10.2. The first-order valence-electron chi connectivity index (χ1n) is 7.60. The van der Waals surface area contributed by atoms with E-state index < -0.39 is 16.0 Å². The van der Waals surface area contributed by atoms with Crippen LogP contribution in [-0.2, 0) is 19.6 Å². The molecule has 0 saturated carbocycles. The van der Waals surface area contributed by atoms with Crippen molar-refractivity contribution in [2.24, 2.45) is 0 Å². The lowest BCUT2D eigenvalue weighted by Gasteiger charge is -2.11. The van der Waals surface area contributed by atoms with Crippen LogP contribution in [-0.4, -0.2) is 26.9 Å². The number of hydrogen-bond acceptors (Lipinski definition) is 5. The molecule has 0 heterocycles. The number of esters is 1. The maximum absolute atomic E-state index is 12.5. The minimum atomic E-state index is -3.89. The summed E-state index contributed by atoms with van der Waals surface area (Å²) in [5.74, 6) is -0.801. The molecule has 0 bridgehead atoms. The number of nitrogens with one attached hydrogen (secondary N) is 2. The first-order valence-corrected chi connectivity index (χ1v) is 9.46. The SMILES string of the molecule is CCOC(=O)c1ccc(NS(=O)(=O)c2ccc(NC(C)=O)cc2)c(Cl)c1. The summed E-state index contributed by atoms with van der Waals surface area (Å²) >= 11 is 6.07. The fourth-order valence-electron chi connectivity index (χ4n) is 2.06. The largest absolute Gasteiger partial charge is 0.462 e. The minimum Gasteiger partial charge on any atom is -0.462 e. The summed E-state index contributed by atoms with van der Waals surface area (Å²) in [5.41, 5.74) is 0.832. The monoisotopic (exact) mass is 396 g/mol. The van der Waals surface area contributed by atoms with E-state index in [1.807, 2.05) is 0 Å². The highest BCUT2D eigenvalue weighted by molar-refractivity contribution is 7.92. The first-order chi connectivity index (χ1) is 12.2. The Morgan fingerprint density at radius 2 is 1.77 bits per heavy atom. The summed E-state index contributed by atoms with van der Waals surface area (Å²) in [4.78, 5) is 22.7. The summed E-state index contributed by atoms with van der Waals surface area (Å²) in [5, 5.41) is 2.61. The smallest absolute Gasteiger partial charge is 0.338 e. The van der Waals surface area contributed by atoms with Crippen molar-refractivity contribution in [3.05, 3.63) is 53.1 Å². The lowest BCUT2D eigenvalue weighted by Crippen LogP contribution is -2.14. The van der Waals surface area contributed by atoms with Gasteiger partial charge in [-0.1, -0.05) is 11.6 Å². The van der Waals surface area contributed by atoms with E-state index in [1.165, 1.54) is 49.4 Å². The van der Waals surface area contributed by atoms with Crippen molar-refractivity contribution in [2.45, 2.75) is 18.7 Å². The molecule has 2 aromatic rings. The molecule has 0 spiro atoms. The Kier molecular flexibility index (Phi) is 6.23. The topological polar surface area (TPSA) is 102 Å². The second kappa shape index (κ2) is 8.20. The Bertz CT molecular complexity index is 927. The Labute approximate surface area is 156 Å². The molecule has 0 radical (unpaired) electrons. The molecule has 138 valence electrons. The van der Waals surface area contributed by atoms with Gasteiger partial charge in [0.15, 0.2) is 0 Å². The zero-order chi connectivity index (χ0) is 19.3. The van der Waals surface area contributed by atoms with Crippen LogP contribution >= 0.6 is 11.6 Å². The Morgan fingerprint density at radius 1 is 1.12 bits per heavy atom. The molecule has 0 unspecified atom stereocenters. The molecule has 7 nitrogen and oxygen atoms in total. The van der Waals surface area contributed by atoms with Gasteiger partial charge in [-0.3, -0.25) is 9.52 Å². The van der Waals surface area contributed by atoms with Crippen LogP contribution in [0.5, 0.6) is 0 Å². The molecule has 2 aromatic carbocycles. The second-order valence-electron chi connectivity index (χ2n) is 5.23. The number of carbonyl (C=O) groups is 2. The summed E-state index contributed by atoms with van der Waals surface area (Å²) < 4.78 is 32.1. The fourth-order valence-corrected chi connectivity index (χ4v) is 3.43. The van der Waals surface area contributed by atoms with Gasteiger partial charge in [0, 0.05) is 12.6 Å². The van der Waals surface area contributed by atoms with Crippen molar-refractivity contribution >= 4 is 44.9 Å². The van der Waals surface area contributed by atoms with Crippen LogP contribution in [0.3, 0.4) is 0 Å². The third-order valence-corrected chi connectivity index (χ3v) is 4.90. The fraction of sp³-hybridized carbons (Fsp3) is 0.176. The zero-order valence-corrected chi connectivity index (χ0v) is 15.6. The van der Waals surface area contributed by atoms with Crippen LogP contribution in [0.2, 0.25) is 5.02 Å². The molecule has 0 atom stereocenters. The molecule has 1 amide bonds. The lowest BCUT2D eigenvalue weighted by molar-refractivity contribution is -0.114. The van der Waals surface area contributed by atoms with Crippen molar-refractivity contribution in [2.75, 3.05) is 16.6 Å². The van der Waals surface area contributed by atoms with Crippen molar-refractivity contribution in [3.63, 3.8) is 0 Å². The highest BCUT2D eigenvalue weighted by Gasteiger charge is 2.17. The number of anilines is 2. The normalized spacial score (nSPS) is 10.9.